The molecule has 0 unspecified atom stereocenters. The summed E-state index contributed by atoms with van der Waals surface area (Å²) in [7, 11) is 1.52. The van der Waals surface area contributed by atoms with Gasteiger partial charge in [-0.1, -0.05) is 18.2 Å². The van der Waals surface area contributed by atoms with Crippen LogP contribution in [-0.4, -0.2) is 23.8 Å². The number of nitro groups is 1. The monoisotopic (exact) mass is 325 g/mol. The predicted octanol–water partition coefficient (Wildman–Crippen LogP) is 2.61. The molecule has 2 rings (SSSR count). The van der Waals surface area contributed by atoms with Gasteiger partial charge < -0.3 is 10.6 Å². The highest BCUT2D eigenvalue weighted by Crippen LogP contribution is 2.19. The number of nitrogens with zero attached hydrogens (tertiary/aromatic N) is 1. The van der Waals surface area contributed by atoms with E-state index in [0.717, 1.165) is 0 Å². The molecule has 0 aliphatic carbocycles. The Morgan fingerprint density at radius 2 is 1.88 bits per heavy atom. The molecule has 7 heteroatoms. The molecule has 2 N–H and O–H groups in total. The minimum atomic E-state index is -0.510. The van der Waals surface area contributed by atoms with Crippen LogP contribution in [0.25, 0.3) is 6.08 Å². The fourth-order valence-electron chi connectivity index (χ4n) is 2.03. The summed E-state index contributed by atoms with van der Waals surface area (Å²) in [4.78, 5) is 33.9. The topological polar surface area (TPSA) is 101 Å². The van der Waals surface area contributed by atoms with Gasteiger partial charge in [-0.25, -0.2) is 0 Å². The minimum Gasteiger partial charge on any atom is -0.355 e. The Kier molecular flexibility index (Phi) is 5.40. The Morgan fingerprint density at radius 1 is 1.12 bits per heavy atom. The second-order valence-corrected chi connectivity index (χ2v) is 4.80. The third-order valence-electron chi connectivity index (χ3n) is 3.17. The largest absolute Gasteiger partial charge is 0.355 e. The molecule has 0 atom stereocenters. The van der Waals surface area contributed by atoms with Crippen LogP contribution in [0.15, 0.2) is 54.6 Å². The predicted molar refractivity (Wildman–Crippen MR) is 90.6 cm³/mol. The minimum absolute atomic E-state index is 0.0804. The van der Waals surface area contributed by atoms with Gasteiger partial charge in [0.2, 0.25) is 5.91 Å². The van der Waals surface area contributed by atoms with E-state index >= 15 is 0 Å². The maximum Gasteiger partial charge on any atom is 0.276 e. The van der Waals surface area contributed by atoms with E-state index in [0.29, 0.717) is 16.8 Å². The van der Waals surface area contributed by atoms with Crippen LogP contribution in [-0.2, 0) is 4.79 Å². The Hall–Kier alpha value is -3.48. The zero-order valence-corrected chi connectivity index (χ0v) is 12.9. The van der Waals surface area contributed by atoms with E-state index in [9.17, 15) is 19.7 Å². The SMILES string of the molecule is CNC(=O)c1cccc(NC(=O)/C=C/c2ccccc2[N+](=O)[O-])c1. The lowest BCUT2D eigenvalue weighted by Crippen LogP contribution is -2.18. The second-order valence-electron chi connectivity index (χ2n) is 4.80. The van der Waals surface area contributed by atoms with Crippen LogP contribution in [0.3, 0.4) is 0 Å². The van der Waals surface area contributed by atoms with Crippen molar-refractivity contribution in [3.63, 3.8) is 0 Å². The number of rotatable bonds is 5. The zero-order valence-electron chi connectivity index (χ0n) is 12.9. The average molecular weight is 325 g/mol. The highest BCUT2D eigenvalue weighted by atomic mass is 16.6. The van der Waals surface area contributed by atoms with Crippen LogP contribution in [0, 0.1) is 10.1 Å². The first kappa shape index (κ1) is 16.9. The van der Waals surface area contributed by atoms with Crippen LogP contribution in [0.4, 0.5) is 11.4 Å². The lowest BCUT2D eigenvalue weighted by Gasteiger charge is -2.05. The van der Waals surface area contributed by atoms with Crippen molar-refractivity contribution >= 4 is 29.3 Å². The summed E-state index contributed by atoms with van der Waals surface area (Å²) in [6.45, 7) is 0. The molecule has 7 nitrogen and oxygen atoms in total. The Balaban J connectivity index is 2.11. The molecule has 122 valence electrons. The van der Waals surface area contributed by atoms with Gasteiger partial charge >= 0.3 is 0 Å². The Morgan fingerprint density at radius 3 is 2.58 bits per heavy atom. The molecule has 0 aliphatic heterocycles. The van der Waals surface area contributed by atoms with Gasteiger partial charge in [0.15, 0.2) is 0 Å². The molecular formula is C17H15N3O4. The van der Waals surface area contributed by atoms with E-state index in [1.165, 1.54) is 31.3 Å². The van der Waals surface area contributed by atoms with Crippen LogP contribution in [0.1, 0.15) is 15.9 Å². The number of hydrogen-bond acceptors (Lipinski definition) is 4. The average Bonchev–Trinajstić information content (AvgIpc) is 2.59. The summed E-state index contributed by atoms with van der Waals surface area (Å²) >= 11 is 0. The van der Waals surface area contributed by atoms with Gasteiger partial charge in [0.25, 0.3) is 11.6 Å². The number of benzene rings is 2. The van der Waals surface area contributed by atoms with E-state index in [1.807, 2.05) is 0 Å². The van der Waals surface area contributed by atoms with Crippen molar-refractivity contribution in [3.05, 3.63) is 75.8 Å². The van der Waals surface area contributed by atoms with Crippen molar-refractivity contribution in [2.45, 2.75) is 0 Å². The van der Waals surface area contributed by atoms with Gasteiger partial charge in [-0.05, 0) is 30.3 Å². The van der Waals surface area contributed by atoms with Gasteiger partial charge in [-0.3, -0.25) is 19.7 Å². The second kappa shape index (κ2) is 7.68. The number of nitro benzene ring substituents is 1. The van der Waals surface area contributed by atoms with Crippen molar-refractivity contribution < 1.29 is 14.5 Å². The van der Waals surface area contributed by atoms with E-state index in [2.05, 4.69) is 10.6 Å². The molecule has 2 aromatic carbocycles. The summed E-state index contributed by atoms with van der Waals surface area (Å²) in [5, 5.41) is 16.0. The molecule has 0 radical (unpaired) electrons. The standard InChI is InChI=1S/C17H15N3O4/c1-18-17(22)13-6-4-7-14(11-13)19-16(21)10-9-12-5-2-3-8-15(12)20(23)24/h2-11H,1H3,(H,18,22)(H,19,21)/b10-9+. The molecule has 0 spiro atoms. The lowest BCUT2D eigenvalue weighted by atomic mass is 10.1. The Labute approximate surface area is 138 Å². The molecule has 0 saturated carbocycles. The van der Waals surface area contributed by atoms with Crippen LogP contribution < -0.4 is 10.6 Å². The molecule has 0 aliphatic rings. The number of carbonyl (C=O) groups excluding carboxylic acids is 2. The number of amides is 2. The summed E-state index contributed by atoms with van der Waals surface area (Å²) in [6, 6.07) is 12.6. The summed E-state index contributed by atoms with van der Waals surface area (Å²) < 4.78 is 0. The summed E-state index contributed by atoms with van der Waals surface area (Å²) in [6.07, 6.45) is 2.57. The van der Waals surface area contributed by atoms with Gasteiger partial charge in [0.1, 0.15) is 0 Å². The fraction of sp³-hybridized carbons (Fsp3) is 0.0588. The maximum atomic E-state index is 11.9. The van der Waals surface area contributed by atoms with E-state index in [1.54, 1.807) is 36.4 Å². The molecule has 2 aromatic rings. The number of nitrogens with one attached hydrogen (secondary N) is 2. The molecule has 24 heavy (non-hydrogen) atoms. The van der Waals surface area contributed by atoms with Crippen molar-refractivity contribution in [3.8, 4) is 0 Å². The fourth-order valence-corrected chi connectivity index (χ4v) is 2.03. The summed E-state index contributed by atoms with van der Waals surface area (Å²) in [5.41, 5.74) is 1.12. The number of para-hydroxylation sites is 1. The number of anilines is 1. The summed E-state index contributed by atoms with van der Waals surface area (Å²) in [5.74, 6) is -0.719. The maximum absolute atomic E-state index is 11.9. The molecular weight excluding hydrogens is 310 g/mol. The lowest BCUT2D eigenvalue weighted by molar-refractivity contribution is -0.385. The first-order chi connectivity index (χ1) is 11.5. The smallest absolute Gasteiger partial charge is 0.276 e. The quantitative estimate of drug-likeness (QED) is 0.501. The van der Waals surface area contributed by atoms with Crippen molar-refractivity contribution in [1.82, 2.24) is 5.32 Å². The highest BCUT2D eigenvalue weighted by molar-refractivity contribution is 6.03. The molecule has 0 heterocycles. The molecule has 2 amide bonds. The third kappa shape index (κ3) is 4.26. The molecule has 0 aromatic heterocycles. The molecule has 0 bridgehead atoms. The van der Waals surface area contributed by atoms with Crippen molar-refractivity contribution in [2.75, 3.05) is 12.4 Å². The van der Waals surface area contributed by atoms with Crippen LogP contribution in [0.2, 0.25) is 0 Å². The van der Waals surface area contributed by atoms with Gasteiger partial charge in [-0.2, -0.15) is 0 Å². The normalized spacial score (nSPS) is 10.4. The van der Waals surface area contributed by atoms with Crippen molar-refractivity contribution in [2.24, 2.45) is 0 Å². The van der Waals surface area contributed by atoms with E-state index in [4.69, 9.17) is 0 Å². The highest BCUT2D eigenvalue weighted by Gasteiger charge is 2.10. The molecule has 0 saturated heterocycles. The number of hydrogen-bond donors (Lipinski definition) is 2. The van der Waals surface area contributed by atoms with Gasteiger partial charge in [0.05, 0.1) is 10.5 Å². The van der Waals surface area contributed by atoms with Gasteiger partial charge in [-0.15, -0.1) is 0 Å². The van der Waals surface area contributed by atoms with Crippen LogP contribution in [0.5, 0.6) is 0 Å². The van der Waals surface area contributed by atoms with E-state index < -0.39 is 10.8 Å². The van der Waals surface area contributed by atoms with Crippen LogP contribution >= 0.6 is 0 Å². The number of carbonyl (C=O) groups is 2. The first-order valence-corrected chi connectivity index (χ1v) is 7.06. The van der Waals surface area contributed by atoms with Crippen molar-refractivity contribution in [1.29, 1.82) is 0 Å². The molecule has 0 fully saturated rings. The van der Waals surface area contributed by atoms with E-state index in [-0.39, 0.29) is 11.6 Å². The van der Waals surface area contributed by atoms with Gasteiger partial charge in [0, 0.05) is 30.4 Å². The zero-order chi connectivity index (χ0) is 17.5. The third-order valence-corrected chi connectivity index (χ3v) is 3.17. The Bertz CT molecular complexity index is 815. The first-order valence-electron chi connectivity index (χ1n) is 7.06.